The third-order valence-corrected chi connectivity index (χ3v) is 4.35. The third-order valence-electron chi connectivity index (χ3n) is 3.09. The van der Waals surface area contributed by atoms with Crippen LogP contribution in [0.5, 0.6) is 0 Å². The molecule has 3 atom stereocenters. The molecule has 0 radical (unpaired) electrons. The predicted molar refractivity (Wildman–Crippen MR) is 77.9 cm³/mol. The molecule has 0 saturated carbocycles. The first-order valence-corrected chi connectivity index (χ1v) is 7.81. The fraction of sp³-hybridized carbons (Fsp3) is 0.538. The van der Waals surface area contributed by atoms with Gasteiger partial charge >= 0.3 is 0 Å². The van der Waals surface area contributed by atoms with Gasteiger partial charge in [-0.15, -0.1) is 0 Å². The molecule has 18 heavy (non-hydrogen) atoms. The van der Waals surface area contributed by atoms with E-state index in [1.165, 1.54) is 0 Å². The average Bonchev–Trinajstić information content (AvgIpc) is 2.81. The molecule has 1 aromatic rings. The molecule has 0 N–H and O–H groups in total. The SMILES string of the molecule is CCC1COC(C(CBr)c2ccc(Cl)cc2Cl)O1. The Bertz CT molecular complexity index is 414. The van der Waals surface area contributed by atoms with Gasteiger partial charge in [0.1, 0.15) is 0 Å². The number of halogens is 3. The molecule has 1 aliphatic rings. The van der Waals surface area contributed by atoms with Gasteiger partial charge in [0.2, 0.25) is 0 Å². The molecule has 1 fully saturated rings. The molecule has 1 aromatic carbocycles. The lowest BCUT2D eigenvalue weighted by molar-refractivity contribution is -0.0707. The molecular weight excluding hydrogens is 339 g/mol. The van der Waals surface area contributed by atoms with Crippen LogP contribution in [0.4, 0.5) is 0 Å². The number of hydrogen-bond donors (Lipinski definition) is 0. The van der Waals surface area contributed by atoms with E-state index in [1.807, 2.05) is 12.1 Å². The number of rotatable bonds is 4. The minimum atomic E-state index is -0.243. The van der Waals surface area contributed by atoms with Crippen molar-refractivity contribution in [2.75, 3.05) is 11.9 Å². The Labute approximate surface area is 126 Å². The Balaban J connectivity index is 2.18. The van der Waals surface area contributed by atoms with Gasteiger partial charge in [0.05, 0.1) is 12.7 Å². The van der Waals surface area contributed by atoms with E-state index in [2.05, 4.69) is 22.9 Å². The molecular formula is C13H15BrCl2O2. The van der Waals surface area contributed by atoms with E-state index in [0.29, 0.717) is 16.7 Å². The molecule has 0 aliphatic carbocycles. The summed E-state index contributed by atoms with van der Waals surface area (Å²) in [7, 11) is 0. The van der Waals surface area contributed by atoms with Crippen LogP contribution in [-0.2, 0) is 9.47 Å². The lowest BCUT2D eigenvalue weighted by atomic mass is 10.0. The second kappa shape index (κ2) is 6.58. The fourth-order valence-electron chi connectivity index (χ4n) is 2.00. The van der Waals surface area contributed by atoms with Crippen molar-refractivity contribution in [2.24, 2.45) is 0 Å². The van der Waals surface area contributed by atoms with Crippen LogP contribution in [0.2, 0.25) is 10.0 Å². The summed E-state index contributed by atoms with van der Waals surface area (Å²) in [5.41, 5.74) is 1.000. The second-order valence-corrected chi connectivity index (χ2v) is 5.79. The van der Waals surface area contributed by atoms with Crippen molar-refractivity contribution in [1.82, 2.24) is 0 Å². The summed E-state index contributed by atoms with van der Waals surface area (Å²) in [4.78, 5) is 0. The lowest BCUT2D eigenvalue weighted by Crippen LogP contribution is -2.22. The summed E-state index contributed by atoms with van der Waals surface area (Å²) in [5.74, 6) is 0.0753. The van der Waals surface area contributed by atoms with Crippen LogP contribution in [0, 0.1) is 0 Å². The summed E-state index contributed by atoms with van der Waals surface area (Å²) < 4.78 is 11.6. The summed E-state index contributed by atoms with van der Waals surface area (Å²) in [6, 6.07) is 5.52. The summed E-state index contributed by atoms with van der Waals surface area (Å²) in [5, 5.41) is 2.02. The molecule has 0 aromatic heterocycles. The molecule has 2 nitrogen and oxygen atoms in total. The van der Waals surface area contributed by atoms with Gasteiger partial charge in [0, 0.05) is 21.3 Å². The quantitative estimate of drug-likeness (QED) is 0.735. The first kappa shape index (κ1) is 14.6. The summed E-state index contributed by atoms with van der Waals surface area (Å²) in [6.07, 6.45) is 0.899. The largest absolute Gasteiger partial charge is 0.349 e. The van der Waals surface area contributed by atoms with Gasteiger partial charge in [-0.25, -0.2) is 0 Å². The van der Waals surface area contributed by atoms with Crippen LogP contribution in [-0.4, -0.2) is 24.3 Å². The van der Waals surface area contributed by atoms with Gasteiger partial charge in [0.25, 0.3) is 0 Å². The highest BCUT2D eigenvalue weighted by molar-refractivity contribution is 9.09. The molecule has 5 heteroatoms. The van der Waals surface area contributed by atoms with E-state index in [1.54, 1.807) is 6.07 Å². The van der Waals surface area contributed by atoms with Crippen LogP contribution in [0.15, 0.2) is 18.2 Å². The zero-order valence-corrected chi connectivity index (χ0v) is 13.1. The van der Waals surface area contributed by atoms with Crippen LogP contribution < -0.4 is 0 Å². The Morgan fingerprint density at radius 2 is 2.22 bits per heavy atom. The van der Waals surface area contributed by atoms with Gasteiger partial charge < -0.3 is 9.47 Å². The van der Waals surface area contributed by atoms with Gasteiger partial charge in [-0.1, -0.05) is 52.1 Å². The predicted octanol–water partition coefficient (Wildman–Crippen LogP) is 4.62. The van der Waals surface area contributed by atoms with E-state index in [0.717, 1.165) is 17.3 Å². The molecule has 100 valence electrons. The van der Waals surface area contributed by atoms with Crippen molar-refractivity contribution in [2.45, 2.75) is 31.7 Å². The van der Waals surface area contributed by atoms with Crippen LogP contribution in [0.1, 0.15) is 24.8 Å². The minimum absolute atomic E-state index is 0.0753. The number of benzene rings is 1. The molecule has 0 spiro atoms. The topological polar surface area (TPSA) is 18.5 Å². The summed E-state index contributed by atoms with van der Waals surface area (Å²) >= 11 is 15.7. The first-order valence-electron chi connectivity index (χ1n) is 5.93. The second-order valence-electron chi connectivity index (χ2n) is 4.29. The molecule has 1 aliphatic heterocycles. The third kappa shape index (κ3) is 3.20. The average molecular weight is 354 g/mol. The highest BCUT2D eigenvalue weighted by Gasteiger charge is 2.33. The van der Waals surface area contributed by atoms with E-state index in [4.69, 9.17) is 32.7 Å². The zero-order valence-electron chi connectivity index (χ0n) is 10.0. The zero-order chi connectivity index (χ0) is 13.1. The van der Waals surface area contributed by atoms with E-state index in [-0.39, 0.29) is 18.3 Å². The van der Waals surface area contributed by atoms with Crippen molar-refractivity contribution >= 4 is 39.1 Å². The van der Waals surface area contributed by atoms with Crippen LogP contribution in [0.25, 0.3) is 0 Å². The Kier molecular flexibility index (Phi) is 5.34. The van der Waals surface area contributed by atoms with E-state index < -0.39 is 0 Å². The Hall–Kier alpha value is 0.200. The monoisotopic (exact) mass is 352 g/mol. The van der Waals surface area contributed by atoms with E-state index in [9.17, 15) is 0 Å². The van der Waals surface area contributed by atoms with Crippen molar-refractivity contribution in [1.29, 1.82) is 0 Å². The highest BCUT2D eigenvalue weighted by Crippen LogP contribution is 2.35. The molecule has 0 bridgehead atoms. The number of ether oxygens (including phenoxy) is 2. The Morgan fingerprint density at radius 1 is 1.44 bits per heavy atom. The van der Waals surface area contributed by atoms with Gasteiger partial charge in [0.15, 0.2) is 6.29 Å². The van der Waals surface area contributed by atoms with Crippen LogP contribution >= 0.6 is 39.1 Å². The maximum atomic E-state index is 6.24. The van der Waals surface area contributed by atoms with Gasteiger partial charge in [-0.05, 0) is 24.1 Å². The van der Waals surface area contributed by atoms with Gasteiger partial charge in [-0.2, -0.15) is 0 Å². The Morgan fingerprint density at radius 3 is 2.78 bits per heavy atom. The standard InChI is InChI=1S/C13H15BrCl2O2/c1-2-9-7-17-13(18-9)11(6-14)10-4-3-8(15)5-12(10)16/h3-5,9,11,13H,2,6-7H2,1H3. The molecule has 2 rings (SSSR count). The smallest absolute Gasteiger partial charge is 0.165 e. The minimum Gasteiger partial charge on any atom is -0.349 e. The maximum absolute atomic E-state index is 6.24. The van der Waals surface area contributed by atoms with Gasteiger partial charge in [-0.3, -0.25) is 0 Å². The first-order chi connectivity index (χ1) is 8.65. The van der Waals surface area contributed by atoms with Crippen molar-refractivity contribution < 1.29 is 9.47 Å². The van der Waals surface area contributed by atoms with Crippen molar-refractivity contribution in [3.8, 4) is 0 Å². The number of hydrogen-bond acceptors (Lipinski definition) is 2. The molecule has 1 saturated heterocycles. The lowest BCUT2D eigenvalue weighted by Gasteiger charge is -2.22. The highest BCUT2D eigenvalue weighted by atomic mass is 79.9. The van der Waals surface area contributed by atoms with Crippen molar-refractivity contribution in [3.05, 3.63) is 33.8 Å². The molecule has 3 unspecified atom stereocenters. The fourth-order valence-corrected chi connectivity index (χ4v) is 3.20. The normalized spacial score (nSPS) is 25.3. The van der Waals surface area contributed by atoms with Crippen molar-refractivity contribution in [3.63, 3.8) is 0 Å². The van der Waals surface area contributed by atoms with Crippen LogP contribution in [0.3, 0.4) is 0 Å². The van der Waals surface area contributed by atoms with E-state index >= 15 is 0 Å². The maximum Gasteiger partial charge on any atom is 0.165 e. The molecule has 1 heterocycles. The molecule has 0 amide bonds. The summed E-state index contributed by atoms with van der Waals surface area (Å²) in [6.45, 7) is 2.74. The number of alkyl halides is 1.